The second-order valence-corrected chi connectivity index (χ2v) is 7.42. The van der Waals surface area contributed by atoms with E-state index >= 15 is 0 Å². The number of hydrogen-bond donors (Lipinski definition) is 2. The quantitative estimate of drug-likeness (QED) is 0.786. The summed E-state index contributed by atoms with van der Waals surface area (Å²) in [6, 6.07) is 0.630. The van der Waals surface area contributed by atoms with Crippen molar-refractivity contribution in [2.45, 2.75) is 76.9 Å². The molecule has 3 aliphatic carbocycles. The molecule has 0 aromatic carbocycles. The monoisotopic (exact) mass is 281 g/mol. The lowest BCUT2D eigenvalue weighted by molar-refractivity contribution is -0.132. The Labute approximate surface area is 123 Å². The van der Waals surface area contributed by atoms with Gasteiger partial charge < -0.3 is 15.2 Å². The summed E-state index contributed by atoms with van der Waals surface area (Å²) in [7, 11) is 0. The summed E-state index contributed by atoms with van der Waals surface area (Å²) in [5.74, 6) is 0. The van der Waals surface area contributed by atoms with Crippen LogP contribution in [0.2, 0.25) is 0 Å². The van der Waals surface area contributed by atoms with Gasteiger partial charge in [0.05, 0.1) is 6.10 Å². The van der Waals surface area contributed by atoms with Crippen molar-refractivity contribution in [2.75, 3.05) is 19.8 Å². The van der Waals surface area contributed by atoms with E-state index < -0.39 is 0 Å². The standard InChI is InChI=1S/C17H31NO2/c1-2-20-15-11-14(17(15)9-5-6-10-17)18-12-16(13-19)7-3-4-8-16/h14-15,18-19H,2-13H2,1H3. The van der Waals surface area contributed by atoms with Crippen LogP contribution in [0.15, 0.2) is 0 Å². The maximum Gasteiger partial charge on any atom is 0.0661 e. The fraction of sp³-hybridized carbons (Fsp3) is 1.00. The van der Waals surface area contributed by atoms with E-state index in [-0.39, 0.29) is 5.41 Å². The fourth-order valence-corrected chi connectivity index (χ4v) is 5.03. The summed E-state index contributed by atoms with van der Waals surface area (Å²) >= 11 is 0. The molecule has 0 saturated heterocycles. The van der Waals surface area contributed by atoms with Crippen LogP contribution in [0.4, 0.5) is 0 Å². The predicted molar refractivity (Wildman–Crippen MR) is 80.7 cm³/mol. The van der Waals surface area contributed by atoms with Crippen LogP contribution in [0.3, 0.4) is 0 Å². The summed E-state index contributed by atoms with van der Waals surface area (Å²) in [5.41, 5.74) is 0.599. The minimum atomic E-state index is 0.177. The van der Waals surface area contributed by atoms with Gasteiger partial charge in [0.2, 0.25) is 0 Å². The molecule has 0 bridgehead atoms. The van der Waals surface area contributed by atoms with Crippen LogP contribution in [0, 0.1) is 10.8 Å². The van der Waals surface area contributed by atoms with Crippen molar-refractivity contribution in [2.24, 2.45) is 10.8 Å². The third kappa shape index (κ3) is 2.42. The lowest BCUT2D eigenvalue weighted by atomic mass is 9.60. The number of hydrogen-bond acceptors (Lipinski definition) is 3. The Morgan fingerprint density at radius 1 is 1.10 bits per heavy atom. The smallest absolute Gasteiger partial charge is 0.0661 e. The fourth-order valence-electron chi connectivity index (χ4n) is 5.03. The van der Waals surface area contributed by atoms with Crippen molar-refractivity contribution < 1.29 is 9.84 Å². The molecule has 3 nitrogen and oxygen atoms in total. The van der Waals surface area contributed by atoms with Crippen LogP contribution >= 0.6 is 0 Å². The van der Waals surface area contributed by atoms with Crippen molar-refractivity contribution in [1.82, 2.24) is 5.32 Å². The van der Waals surface area contributed by atoms with Crippen molar-refractivity contribution >= 4 is 0 Å². The molecule has 3 rings (SSSR count). The lowest BCUT2D eigenvalue weighted by Gasteiger charge is -2.55. The SMILES string of the molecule is CCOC1CC(NCC2(CO)CCCC2)C12CCCC2. The molecule has 2 N–H and O–H groups in total. The molecule has 2 unspecified atom stereocenters. The largest absolute Gasteiger partial charge is 0.396 e. The highest BCUT2D eigenvalue weighted by Gasteiger charge is 2.56. The van der Waals surface area contributed by atoms with E-state index in [1.165, 1.54) is 57.8 Å². The van der Waals surface area contributed by atoms with Crippen LogP contribution in [0.25, 0.3) is 0 Å². The number of aliphatic hydroxyl groups excluding tert-OH is 1. The van der Waals surface area contributed by atoms with Gasteiger partial charge >= 0.3 is 0 Å². The van der Waals surface area contributed by atoms with Gasteiger partial charge in [0.25, 0.3) is 0 Å². The number of aliphatic hydroxyl groups is 1. The maximum atomic E-state index is 9.75. The summed E-state index contributed by atoms with van der Waals surface area (Å²) in [4.78, 5) is 0. The average molecular weight is 281 g/mol. The van der Waals surface area contributed by atoms with Crippen LogP contribution < -0.4 is 5.32 Å². The Kier molecular flexibility index (Phi) is 4.40. The Morgan fingerprint density at radius 3 is 2.35 bits per heavy atom. The average Bonchev–Trinajstić information content (AvgIpc) is 3.12. The van der Waals surface area contributed by atoms with Crippen LogP contribution in [-0.4, -0.2) is 37.0 Å². The summed E-state index contributed by atoms with van der Waals surface area (Å²) in [5, 5.41) is 13.6. The summed E-state index contributed by atoms with van der Waals surface area (Å²) in [6.07, 6.45) is 12.1. The van der Waals surface area contributed by atoms with E-state index in [1.807, 2.05) is 0 Å². The van der Waals surface area contributed by atoms with Crippen LogP contribution in [-0.2, 0) is 4.74 Å². The second-order valence-electron chi connectivity index (χ2n) is 7.42. The van der Waals surface area contributed by atoms with Gasteiger partial charge in [-0.1, -0.05) is 25.7 Å². The Morgan fingerprint density at radius 2 is 1.75 bits per heavy atom. The minimum Gasteiger partial charge on any atom is -0.396 e. The first kappa shape index (κ1) is 14.8. The first-order valence-corrected chi connectivity index (χ1v) is 8.71. The van der Waals surface area contributed by atoms with Gasteiger partial charge in [-0.25, -0.2) is 0 Å². The Bertz CT molecular complexity index is 319. The molecule has 0 aromatic rings. The van der Waals surface area contributed by atoms with Gasteiger partial charge in [-0.05, 0) is 39.0 Å². The molecule has 3 heteroatoms. The highest BCUT2D eigenvalue weighted by molar-refractivity contribution is 5.10. The molecule has 0 aromatic heterocycles. The van der Waals surface area contributed by atoms with Gasteiger partial charge in [0.1, 0.15) is 0 Å². The van der Waals surface area contributed by atoms with E-state index in [0.29, 0.717) is 24.2 Å². The van der Waals surface area contributed by atoms with Gasteiger partial charge in [-0.3, -0.25) is 0 Å². The van der Waals surface area contributed by atoms with E-state index in [1.54, 1.807) is 0 Å². The molecule has 0 amide bonds. The van der Waals surface area contributed by atoms with Crippen molar-refractivity contribution in [3.63, 3.8) is 0 Å². The first-order chi connectivity index (χ1) is 9.75. The molecule has 0 heterocycles. The number of rotatable bonds is 6. The van der Waals surface area contributed by atoms with Crippen molar-refractivity contribution in [3.8, 4) is 0 Å². The summed E-state index contributed by atoms with van der Waals surface area (Å²) < 4.78 is 5.98. The molecule has 3 fully saturated rings. The highest BCUT2D eigenvalue weighted by atomic mass is 16.5. The van der Waals surface area contributed by atoms with Crippen LogP contribution in [0.5, 0.6) is 0 Å². The topological polar surface area (TPSA) is 41.5 Å². The molecule has 3 aliphatic rings. The zero-order chi connectivity index (χ0) is 14.1. The first-order valence-electron chi connectivity index (χ1n) is 8.71. The van der Waals surface area contributed by atoms with E-state index in [2.05, 4.69) is 12.2 Å². The molecule has 2 atom stereocenters. The van der Waals surface area contributed by atoms with Crippen LogP contribution in [0.1, 0.15) is 64.7 Å². The molecular weight excluding hydrogens is 250 g/mol. The minimum absolute atomic E-state index is 0.177. The third-order valence-corrected chi connectivity index (χ3v) is 6.41. The maximum absolute atomic E-state index is 9.75. The number of ether oxygens (including phenoxy) is 1. The molecule has 0 radical (unpaired) electrons. The summed E-state index contributed by atoms with van der Waals surface area (Å²) in [6.45, 7) is 4.33. The number of nitrogens with one attached hydrogen (secondary N) is 1. The Balaban J connectivity index is 1.58. The normalized spacial score (nSPS) is 34.5. The van der Waals surface area contributed by atoms with Crippen molar-refractivity contribution in [3.05, 3.63) is 0 Å². The molecule has 3 saturated carbocycles. The van der Waals surface area contributed by atoms with Gasteiger partial charge in [0, 0.05) is 36.6 Å². The lowest BCUT2D eigenvalue weighted by Crippen LogP contribution is -2.63. The molecule has 1 spiro atoms. The highest BCUT2D eigenvalue weighted by Crippen LogP contribution is 2.55. The third-order valence-electron chi connectivity index (χ3n) is 6.41. The van der Waals surface area contributed by atoms with Crippen molar-refractivity contribution in [1.29, 1.82) is 0 Å². The van der Waals surface area contributed by atoms with Gasteiger partial charge in [-0.15, -0.1) is 0 Å². The predicted octanol–water partition coefficient (Wildman–Crippen LogP) is 2.87. The zero-order valence-corrected chi connectivity index (χ0v) is 13.0. The van der Waals surface area contributed by atoms with Gasteiger partial charge in [-0.2, -0.15) is 0 Å². The van der Waals surface area contributed by atoms with E-state index in [0.717, 1.165) is 13.2 Å². The molecule has 20 heavy (non-hydrogen) atoms. The Hall–Kier alpha value is -0.120. The molecule has 116 valence electrons. The van der Waals surface area contributed by atoms with Gasteiger partial charge in [0.15, 0.2) is 0 Å². The zero-order valence-electron chi connectivity index (χ0n) is 13.0. The van der Waals surface area contributed by atoms with E-state index in [9.17, 15) is 5.11 Å². The van der Waals surface area contributed by atoms with E-state index in [4.69, 9.17) is 4.74 Å². The second kappa shape index (κ2) is 5.94. The molecule has 0 aliphatic heterocycles. The molecular formula is C17H31NO2.